The third kappa shape index (κ3) is 4.68. The number of rotatable bonds is 6. The zero-order valence-corrected chi connectivity index (χ0v) is 17.2. The van der Waals surface area contributed by atoms with Crippen molar-refractivity contribution in [3.63, 3.8) is 0 Å². The predicted octanol–water partition coefficient (Wildman–Crippen LogP) is 4.37. The Morgan fingerprint density at radius 3 is 2.52 bits per heavy atom. The highest BCUT2D eigenvalue weighted by atomic mass is 32.2. The number of anilines is 1. The topological polar surface area (TPSA) is 62.3 Å². The first-order chi connectivity index (χ1) is 12.9. The van der Waals surface area contributed by atoms with E-state index in [2.05, 4.69) is 24.1 Å². The van der Waals surface area contributed by atoms with Gasteiger partial charge in [0.15, 0.2) is 0 Å². The Bertz CT molecular complexity index is 846. The summed E-state index contributed by atoms with van der Waals surface area (Å²) in [6, 6.07) is 10.9. The van der Waals surface area contributed by atoms with Crippen LogP contribution in [0.4, 0.5) is 5.82 Å². The molecule has 146 valence electrons. The van der Waals surface area contributed by atoms with Crippen molar-refractivity contribution in [3.8, 4) is 0 Å². The average molecular weight is 388 g/mol. The molecule has 1 aromatic carbocycles. The standard InChI is InChI=1S/C21H29N3O2S/c1-16(2)14-22-21-12-9-18(15-23-21)20-6-4-5-13-24(20)27(25,26)19-10-7-17(3)8-11-19/h7-12,15-16,20H,4-6,13-14H2,1-3H3,(H,22,23). The molecule has 1 aromatic heterocycles. The summed E-state index contributed by atoms with van der Waals surface area (Å²) in [6.07, 6.45) is 4.56. The third-order valence-corrected chi connectivity index (χ3v) is 6.87. The van der Waals surface area contributed by atoms with Gasteiger partial charge in [-0.25, -0.2) is 13.4 Å². The molecule has 0 spiro atoms. The van der Waals surface area contributed by atoms with Crippen molar-refractivity contribution in [1.29, 1.82) is 0 Å². The molecule has 6 heteroatoms. The molecule has 0 aliphatic carbocycles. The van der Waals surface area contributed by atoms with Gasteiger partial charge in [0, 0.05) is 19.3 Å². The maximum Gasteiger partial charge on any atom is 0.243 e. The van der Waals surface area contributed by atoms with Gasteiger partial charge in [0.2, 0.25) is 10.0 Å². The molecule has 3 rings (SSSR count). The number of hydrogen-bond acceptors (Lipinski definition) is 4. The fourth-order valence-corrected chi connectivity index (χ4v) is 5.07. The Morgan fingerprint density at radius 1 is 1.15 bits per heavy atom. The summed E-state index contributed by atoms with van der Waals surface area (Å²) < 4.78 is 28.1. The van der Waals surface area contributed by atoms with Crippen LogP contribution in [0.3, 0.4) is 0 Å². The molecule has 1 aliphatic rings. The SMILES string of the molecule is Cc1ccc(S(=O)(=O)N2CCCCC2c2ccc(NCC(C)C)nc2)cc1. The van der Waals surface area contributed by atoms with Gasteiger partial charge in [0.05, 0.1) is 10.9 Å². The highest BCUT2D eigenvalue weighted by molar-refractivity contribution is 7.89. The molecule has 2 heterocycles. The number of nitrogens with one attached hydrogen (secondary N) is 1. The molecule has 5 nitrogen and oxygen atoms in total. The number of aryl methyl sites for hydroxylation is 1. The van der Waals surface area contributed by atoms with E-state index in [1.807, 2.05) is 37.4 Å². The van der Waals surface area contributed by atoms with Crippen molar-refractivity contribution >= 4 is 15.8 Å². The summed E-state index contributed by atoms with van der Waals surface area (Å²) in [7, 11) is -3.52. The van der Waals surface area contributed by atoms with E-state index in [0.29, 0.717) is 17.4 Å². The molecule has 0 saturated carbocycles. The molecule has 1 atom stereocenters. The van der Waals surface area contributed by atoms with E-state index in [4.69, 9.17) is 0 Å². The van der Waals surface area contributed by atoms with Crippen LogP contribution >= 0.6 is 0 Å². The first-order valence-electron chi connectivity index (χ1n) is 9.66. The van der Waals surface area contributed by atoms with Gasteiger partial charge in [0.1, 0.15) is 5.82 Å². The highest BCUT2D eigenvalue weighted by Gasteiger charge is 2.34. The number of hydrogen-bond donors (Lipinski definition) is 1. The van der Waals surface area contributed by atoms with Gasteiger partial charge in [-0.15, -0.1) is 0 Å². The van der Waals surface area contributed by atoms with E-state index in [-0.39, 0.29) is 6.04 Å². The van der Waals surface area contributed by atoms with Crippen molar-refractivity contribution in [1.82, 2.24) is 9.29 Å². The molecule has 1 aliphatic heterocycles. The summed E-state index contributed by atoms with van der Waals surface area (Å²) in [5.41, 5.74) is 2.01. The molecular weight excluding hydrogens is 358 g/mol. The summed E-state index contributed by atoms with van der Waals surface area (Å²) in [6.45, 7) is 7.67. The molecule has 1 unspecified atom stereocenters. The number of sulfonamides is 1. The van der Waals surface area contributed by atoms with Crippen molar-refractivity contribution in [2.24, 2.45) is 5.92 Å². The second-order valence-electron chi connectivity index (χ2n) is 7.69. The van der Waals surface area contributed by atoms with Crippen LogP contribution in [-0.4, -0.2) is 30.8 Å². The maximum absolute atomic E-state index is 13.2. The third-order valence-electron chi connectivity index (χ3n) is 4.94. The Labute approximate surface area is 162 Å². The number of aromatic nitrogens is 1. The van der Waals surface area contributed by atoms with E-state index in [1.165, 1.54) is 0 Å². The summed E-state index contributed by atoms with van der Waals surface area (Å²) in [5, 5.41) is 3.30. The zero-order valence-electron chi connectivity index (χ0n) is 16.4. The van der Waals surface area contributed by atoms with Crippen LogP contribution in [0.25, 0.3) is 0 Å². The smallest absolute Gasteiger partial charge is 0.243 e. The molecular formula is C21H29N3O2S. The van der Waals surface area contributed by atoms with Gasteiger partial charge in [-0.3, -0.25) is 0 Å². The van der Waals surface area contributed by atoms with E-state index < -0.39 is 10.0 Å². The van der Waals surface area contributed by atoms with Crippen LogP contribution in [-0.2, 0) is 10.0 Å². The molecule has 0 amide bonds. The molecule has 1 N–H and O–H groups in total. The van der Waals surface area contributed by atoms with Gasteiger partial charge in [-0.05, 0) is 49.4 Å². The molecule has 1 fully saturated rings. The Hall–Kier alpha value is -1.92. The largest absolute Gasteiger partial charge is 0.370 e. The van der Waals surface area contributed by atoms with Crippen molar-refractivity contribution in [3.05, 3.63) is 53.7 Å². The van der Waals surface area contributed by atoms with Gasteiger partial charge in [-0.2, -0.15) is 4.31 Å². The Kier molecular flexibility index (Phi) is 6.17. The molecule has 0 bridgehead atoms. The second kappa shape index (κ2) is 8.40. The first kappa shape index (κ1) is 19.8. The van der Waals surface area contributed by atoms with Crippen molar-refractivity contribution < 1.29 is 8.42 Å². The number of pyridine rings is 1. The Balaban J connectivity index is 1.84. The van der Waals surface area contributed by atoms with Crippen LogP contribution in [0.15, 0.2) is 47.5 Å². The zero-order chi connectivity index (χ0) is 19.4. The Morgan fingerprint density at radius 2 is 1.89 bits per heavy atom. The van der Waals surface area contributed by atoms with Gasteiger partial charge >= 0.3 is 0 Å². The van der Waals surface area contributed by atoms with E-state index >= 15 is 0 Å². The van der Waals surface area contributed by atoms with Crippen molar-refractivity contribution in [2.75, 3.05) is 18.4 Å². The molecule has 27 heavy (non-hydrogen) atoms. The minimum absolute atomic E-state index is 0.156. The van der Waals surface area contributed by atoms with Gasteiger partial charge in [0.25, 0.3) is 0 Å². The minimum atomic E-state index is -3.52. The quantitative estimate of drug-likeness (QED) is 0.799. The van der Waals surface area contributed by atoms with Crippen LogP contribution in [0.5, 0.6) is 0 Å². The van der Waals surface area contributed by atoms with Gasteiger partial charge < -0.3 is 5.32 Å². The number of benzene rings is 1. The fourth-order valence-electron chi connectivity index (χ4n) is 3.39. The van der Waals surface area contributed by atoms with E-state index in [9.17, 15) is 8.42 Å². The second-order valence-corrected chi connectivity index (χ2v) is 9.58. The molecule has 1 saturated heterocycles. The van der Waals surface area contributed by atoms with E-state index in [0.717, 1.165) is 42.8 Å². The number of piperidine rings is 1. The average Bonchev–Trinajstić information content (AvgIpc) is 2.67. The maximum atomic E-state index is 13.2. The first-order valence-corrected chi connectivity index (χ1v) is 11.1. The minimum Gasteiger partial charge on any atom is -0.370 e. The lowest BCUT2D eigenvalue weighted by Crippen LogP contribution is -2.38. The van der Waals surface area contributed by atoms with Crippen LogP contribution < -0.4 is 5.32 Å². The van der Waals surface area contributed by atoms with E-state index in [1.54, 1.807) is 16.4 Å². The fraction of sp³-hybridized carbons (Fsp3) is 0.476. The predicted molar refractivity (Wildman–Crippen MR) is 109 cm³/mol. The monoisotopic (exact) mass is 387 g/mol. The van der Waals surface area contributed by atoms with Gasteiger partial charge in [-0.1, -0.05) is 44.0 Å². The molecule has 0 radical (unpaired) electrons. The lowest BCUT2D eigenvalue weighted by Gasteiger charge is -2.35. The highest BCUT2D eigenvalue weighted by Crippen LogP contribution is 2.35. The lowest BCUT2D eigenvalue weighted by atomic mass is 9.99. The lowest BCUT2D eigenvalue weighted by molar-refractivity contribution is 0.255. The van der Waals surface area contributed by atoms with Crippen LogP contribution in [0, 0.1) is 12.8 Å². The molecule has 2 aromatic rings. The summed E-state index contributed by atoms with van der Waals surface area (Å²) in [5.74, 6) is 1.37. The summed E-state index contributed by atoms with van der Waals surface area (Å²) in [4.78, 5) is 4.86. The van der Waals surface area contributed by atoms with Crippen LogP contribution in [0.1, 0.15) is 50.3 Å². The normalized spacial score (nSPS) is 18.6. The number of nitrogens with zero attached hydrogens (tertiary/aromatic N) is 2. The summed E-state index contributed by atoms with van der Waals surface area (Å²) >= 11 is 0. The van der Waals surface area contributed by atoms with Crippen LogP contribution in [0.2, 0.25) is 0 Å². The van der Waals surface area contributed by atoms with Crippen molar-refractivity contribution in [2.45, 2.75) is 51.0 Å².